The van der Waals surface area contributed by atoms with Crippen LogP contribution in [0.5, 0.6) is 0 Å². The minimum atomic E-state index is 0.618. The topological polar surface area (TPSA) is 69.9 Å². The van der Waals surface area contributed by atoms with Crippen LogP contribution < -0.4 is 0 Å². The molecular weight excluding hydrogens is 845 g/mol. The fourth-order valence-electron chi connectivity index (χ4n) is 10.1. The van der Waals surface area contributed by atoms with Crippen LogP contribution in [0.2, 0.25) is 0 Å². The molecule has 6 nitrogen and oxygen atoms in total. The predicted octanol–water partition coefficient (Wildman–Crippen LogP) is 16.8. The Bertz CT molecular complexity index is 4250. The third-order valence-corrected chi connectivity index (χ3v) is 13.5. The summed E-state index contributed by atoms with van der Waals surface area (Å²) in [6.45, 7) is 0. The predicted molar refractivity (Wildman–Crippen MR) is 281 cm³/mol. The Hall–Kier alpha value is -9.39. The Balaban J connectivity index is 0.821. The lowest BCUT2D eigenvalue weighted by atomic mass is 9.98. The zero-order chi connectivity index (χ0) is 45.4. The maximum Gasteiger partial charge on any atom is 0.164 e. The molecular formula is C63H38N4O2. The van der Waals surface area contributed by atoms with E-state index in [2.05, 4.69) is 174 Å². The second-order valence-electron chi connectivity index (χ2n) is 17.6. The van der Waals surface area contributed by atoms with Crippen LogP contribution in [0.15, 0.2) is 239 Å². The average molecular weight is 883 g/mol. The Morgan fingerprint density at radius 3 is 1.57 bits per heavy atom. The molecule has 6 heteroatoms. The molecule has 0 aliphatic carbocycles. The van der Waals surface area contributed by atoms with Crippen LogP contribution in [0.4, 0.5) is 0 Å². The lowest BCUT2D eigenvalue weighted by molar-refractivity contribution is 0.668. The Kier molecular flexibility index (Phi) is 8.79. The van der Waals surface area contributed by atoms with E-state index in [0.29, 0.717) is 17.5 Å². The molecule has 0 saturated carbocycles. The number of nitrogens with zero attached hydrogens (tertiary/aromatic N) is 4. The van der Waals surface area contributed by atoms with Gasteiger partial charge in [-0.25, -0.2) is 15.0 Å². The van der Waals surface area contributed by atoms with Gasteiger partial charge in [-0.1, -0.05) is 164 Å². The number of hydrogen-bond acceptors (Lipinski definition) is 5. The quantitative estimate of drug-likeness (QED) is 0.159. The zero-order valence-electron chi connectivity index (χ0n) is 37.0. The number of para-hydroxylation sites is 2. The highest BCUT2D eigenvalue weighted by Gasteiger charge is 2.19. The standard InChI is InChI=1S/C63H38N4O2/c1-4-14-39(15-5-1)43-26-31-56-52(35-43)49-22-10-11-25-55(49)67(56)47-29-30-50-53-37-45(28-33-57(53)68-59(50)38-47)48-23-13-24-51-54-36-44(27-32-58(54)69-60(48)51)42-20-12-21-46(34-42)63-65-61(40-16-6-2-7-17-40)64-62(66-63)41-18-8-3-9-19-41/h1-38H. The molecule has 10 aromatic carbocycles. The van der Waals surface area contributed by atoms with Crippen LogP contribution in [0.1, 0.15) is 0 Å². The fourth-order valence-corrected chi connectivity index (χ4v) is 10.1. The molecule has 0 spiro atoms. The zero-order valence-corrected chi connectivity index (χ0v) is 37.0. The van der Waals surface area contributed by atoms with E-state index in [1.165, 1.54) is 21.9 Å². The molecule has 0 aliphatic heterocycles. The van der Waals surface area contributed by atoms with Gasteiger partial charge in [0.2, 0.25) is 0 Å². The minimum Gasteiger partial charge on any atom is -0.456 e. The van der Waals surface area contributed by atoms with Crippen molar-refractivity contribution in [3.63, 3.8) is 0 Å². The van der Waals surface area contributed by atoms with Gasteiger partial charge in [-0.15, -0.1) is 0 Å². The summed E-state index contributed by atoms with van der Waals surface area (Å²) in [6.07, 6.45) is 0. The maximum absolute atomic E-state index is 6.72. The van der Waals surface area contributed by atoms with Gasteiger partial charge in [0.15, 0.2) is 17.5 Å². The first-order chi connectivity index (χ1) is 34.2. The molecule has 0 aliphatic rings. The number of aromatic nitrogens is 4. The van der Waals surface area contributed by atoms with Gasteiger partial charge in [0.25, 0.3) is 0 Å². The van der Waals surface area contributed by atoms with E-state index in [1.807, 2.05) is 60.7 Å². The summed E-state index contributed by atoms with van der Waals surface area (Å²) >= 11 is 0. The Morgan fingerprint density at radius 1 is 0.275 bits per heavy atom. The highest BCUT2D eigenvalue weighted by Crippen LogP contribution is 2.42. The van der Waals surface area contributed by atoms with E-state index in [4.69, 9.17) is 23.8 Å². The van der Waals surface area contributed by atoms with E-state index in [0.717, 1.165) is 99.5 Å². The van der Waals surface area contributed by atoms with Crippen molar-refractivity contribution < 1.29 is 8.83 Å². The maximum atomic E-state index is 6.72. The van der Waals surface area contributed by atoms with Gasteiger partial charge < -0.3 is 13.4 Å². The molecule has 4 aromatic heterocycles. The molecule has 0 radical (unpaired) electrons. The monoisotopic (exact) mass is 882 g/mol. The number of hydrogen-bond donors (Lipinski definition) is 0. The summed E-state index contributed by atoms with van der Waals surface area (Å²) in [5.74, 6) is 1.89. The van der Waals surface area contributed by atoms with Crippen molar-refractivity contribution in [2.45, 2.75) is 0 Å². The molecule has 14 aromatic rings. The van der Waals surface area contributed by atoms with E-state index in [9.17, 15) is 0 Å². The van der Waals surface area contributed by atoms with Crippen molar-refractivity contribution in [3.05, 3.63) is 231 Å². The lowest BCUT2D eigenvalue weighted by Gasteiger charge is -2.09. The molecule has 69 heavy (non-hydrogen) atoms. The van der Waals surface area contributed by atoms with Gasteiger partial charge in [0.1, 0.15) is 22.3 Å². The molecule has 0 amide bonds. The van der Waals surface area contributed by atoms with Gasteiger partial charge in [-0.05, 0) is 88.5 Å². The first kappa shape index (κ1) is 38.8. The Morgan fingerprint density at radius 2 is 0.797 bits per heavy atom. The number of fused-ring (bicyclic) bond motifs is 9. The summed E-state index contributed by atoms with van der Waals surface area (Å²) < 4.78 is 15.7. The highest BCUT2D eigenvalue weighted by molar-refractivity contribution is 6.14. The molecule has 0 bridgehead atoms. The van der Waals surface area contributed by atoms with E-state index in [1.54, 1.807) is 0 Å². The Labute approximate surface area is 396 Å². The normalized spacial score (nSPS) is 11.8. The molecule has 0 saturated heterocycles. The second kappa shape index (κ2) is 15.6. The average Bonchev–Trinajstić information content (AvgIpc) is 4.10. The fraction of sp³-hybridized carbons (Fsp3) is 0. The summed E-state index contributed by atoms with van der Waals surface area (Å²) in [5, 5.41) is 6.67. The van der Waals surface area contributed by atoms with Gasteiger partial charge in [0.05, 0.1) is 11.0 Å². The summed E-state index contributed by atoms with van der Waals surface area (Å²) in [7, 11) is 0. The molecule has 0 unspecified atom stereocenters. The van der Waals surface area contributed by atoms with Crippen molar-refractivity contribution in [3.8, 4) is 73.2 Å². The SMILES string of the molecule is c1ccc(-c2ccc3c(c2)c2ccccc2n3-c2ccc3c(c2)oc2ccc(-c4cccc5c4oc4ccc(-c6cccc(-c7nc(-c8ccccc8)nc(-c8ccccc8)n7)c6)cc45)cc23)cc1. The summed E-state index contributed by atoms with van der Waals surface area (Å²) in [5.41, 5.74) is 16.1. The molecule has 0 atom stereocenters. The van der Waals surface area contributed by atoms with Crippen LogP contribution in [0.3, 0.4) is 0 Å². The third-order valence-electron chi connectivity index (χ3n) is 13.5. The molecule has 0 N–H and O–H groups in total. The summed E-state index contributed by atoms with van der Waals surface area (Å²) in [4.78, 5) is 14.9. The van der Waals surface area contributed by atoms with Crippen molar-refractivity contribution in [2.24, 2.45) is 0 Å². The van der Waals surface area contributed by atoms with E-state index >= 15 is 0 Å². The van der Waals surface area contributed by atoms with Gasteiger partial charge in [-0.2, -0.15) is 0 Å². The molecule has 322 valence electrons. The smallest absolute Gasteiger partial charge is 0.164 e. The van der Waals surface area contributed by atoms with E-state index < -0.39 is 0 Å². The summed E-state index contributed by atoms with van der Waals surface area (Å²) in [6, 6.07) is 80.4. The first-order valence-corrected chi connectivity index (χ1v) is 23.2. The number of benzene rings is 10. The number of furan rings is 2. The second-order valence-corrected chi connectivity index (χ2v) is 17.6. The minimum absolute atomic E-state index is 0.618. The van der Waals surface area contributed by atoms with Crippen LogP contribution in [-0.2, 0) is 0 Å². The van der Waals surface area contributed by atoms with Gasteiger partial charge in [0, 0.05) is 66.3 Å². The largest absolute Gasteiger partial charge is 0.456 e. The molecule has 4 heterocycles. The molecule has 14 rings (SSSR count). The lowest BCUT2D eigenvalue weighted by Crippen LogP contribution is -2.00. The highest BCUT2D eigenvalue weighted by atomic mass is 16.3. The van der Waals surface area contributed by atoms with Crippen LogP contribution in [0, 0.1) is 0 Å². The van der Waals surface area contributed by atoms with Crippen molar-refractivity contribution in [1.29, 1.82) is 0 Å². The van der Waals surface area contributed by atoms with Crippen LogP contribution in [0.25, 0.3) is 139 Å². The third kappa shape index (κ3) is 6.53. The van der Waals surface area contributed by atoms with Crippen molar-refractivity contribution >= 4 is 65.7 Å². The van der Waals surface area contributed by atoms with Crippen molar-refractivity contribution in [1.82, 2.24) is 19.5 Å². The number of rotatable bonds is 7. The first-order valence-electron chi connectivity index (χ1n) is 23.2. The van der Waals surface area contributed by atoms with Crippen LogP contribution >= 0.6 is 0 Å². The van der Waals surface area contributed by atoms with E-state index in [-0.39, 0.29) is 0 Å². The molecule has 0 fully saturated rings. The van der Waals surface area contributed by atoms with Gasteiger partial charge in [-0.3, -0.25) is 0 Å². The van der Waals surface area contributed by atoms with Crippen molar-refractivity contribution in [2.75, 3.05) is 0 Å². The van der Waals surface area contributed by atoms with Gasteiger partial charge >= 0.3 is 0 Å². The van der Waals surface area contributed by atoms with Crippen LogP contribution in [-0.4, -0.2) is 19.5 Å².